The topological polar surface area (TPSA) is 39.1 Å². The van der Waals surface area contributed by atoms with E-state index in [4.69, 9.17) is 16.3 Å². The molecular formula is C15H19BrClN3O. The first-order chi connectivity index (χ1) is 10.2. The highest BCUT2D eigenvalue weighted by Gasteiger charge is 2.19. The van der Waals surface area contributed by atoms with Gasteiger partial charge in [0.15, 0.2) is 0 Å². The molecule has 1 N–H and O–H groups in total. The summed E-state index contributed by atoms with van der Waals surface area (Å²) in [5, 5.41) is 8.52. The molecule has 114 valence electrons. The van der Waals surface area contributed by atoms with Crippen molar-refractivity contribution in [2.75, 3.05) is 20.8 Å². The van der Waals surface area contributed by atoms with Gasteiger partial charge in [-0.05, 0) is 47.1 Å². The molecule has 4 nitrogen and oxygen atoms in total. The van der Waals surface area contributed by atoms with E-state index in [0.29, 0.717) is 6.61 Å². The SMILES string of the molecule is CNC(Cc1ccc(Cl)cc1)c1c(Br)cnn1CCOC. The Morgan fingerprint density at radius 1 is 1.38 bits per heavy atom. The van der Waals surface area contributed by atoms with E-state index in [0.717, 1.165) is 28.2 Å². The normalized spacial score (nSPS) is 12.6. The highest BCUT2D eigenvalue weighted by atomic mass is 79.9. The van der Waals surface area contributed by atoms with Gasteiger partial charge < -0.3 is 10.1 Å². The summed E-state index contributed by atoms with van der Waals surface area (Å²) in [5.41, 5.74) is 2.36. The van der Waals surface area contributed by atoms with Crippen molar-refractivity contribution < 1.29 is 4.74 Å². The second-order valence-electron chi connectivity index (χ2n) is 4.77. The third-order valence-electron chi connectivity index (χ3n) is 3.37. The van der Waals surface area contributed by atoms with Crippen molar-refractivity contribution in [1.82, 2.24) is 15.1 Å². The van der Waals surface area contributed by atoms with Gasteiger partial charge in [-0.2, -0.15) is 5.10 Å². The Hall–Kier alpha value is -0.880. The molecule has 0 aliphatic heterocycles. The minimum absolute atomic E-state index is 0.167. The number of hydrogen-bond donors (Lipinski definition) is 1. The van der Waals surface area contributed by atoms with Crippen LogP contribution in [0.3, 0.4) is 0 Å². The monoisotopic (exact) mass is 371 g/mol. The molecule has 0 spiro atoms. The zero-order chi connectivity index (χ0) is 15.2. The number of ether oxygens (including phenoxy) is 1. The molecule has 2 aromatic rings. The van der Waals surface area contributed by atoms with Gasteiger partial charge in [0.2, 0.25) is 0 Å². The van der Waals surface area contributed by atoms with Crippen LogP contribution in [0, 0.1) is 0 Å². The van der Waals surface area contributed by atoms with Crippen molar-refractivity contribution in [3.8, 4) is 0 Å². The second-order valence-corrected chi connectivity index (χ2v) is 6.06. The van der Waals surface area contributed by atoms with Gasteiger partial charge in [-0.15, -0.1) is 0 Å². The maximum absolute atomic E-state index is 5.94. The summed E-state index contributed by atoms with van der Waals surface area (Å²) in [5.74, 6) is 0. The fraction of sp³-hybridized carbons (Fsp3) is 0.400. The molecule has 1 unspecified atom stereocenters. The number of methoxy groups -OCH3 is 1. The molecule has 2 rings (SSSR count). The summed E-state index contributed by atoms with van der Waals surface area (Å²) in [4.78, 5) is 0. The molecule has 0 fully saturated rings. The Bertz CT molecular complexity index is 571. The van der Waals surface area contributed by atoms with Gasteiger partial charge in [-0.1, -0.05) is 23.7 Å². The average molecular weight is 373 g/mol. The average Bonchev–Trinajstić information content (AvgIpc) is 2.85. The van der Waals surface area contributed by atoms with Crippen molar-refractivity contribution in [2.24, 2.45) is 0 Å². The summed E-state index contributed by atoms with van der Waals surface area (Å²) >= 11 is 9.53. The zero-order valence-electron chi connectivity index (χ0n) is 12.1. The predicted molar refractivity (Wildman–Crippen MR) is 88.8 cm³/mol. The molecule has 1 aromatic carbocycles. The van der Waals surface area contributed by atoms with Crippen LogP contribution in [0.1, 0.15) is 17.3 Å². The molecule has 21 heavy (non-hydrogen) atoms. The largest absolute Gasteiger partial charge is 0.383 e. The van der Waals surface area contributed by atoms with Gasteiger partial charge in [-0.3, -0.25) is 4.68 Å². The van der Waals surface area contributed by atoms with E-state index < -0.39 is 0 Å². The minimum Gasteiger partial charge on any atom is -0.383 e. The molecule has 1 atom stereocenters. The van der Waals surface area contributed by atoms with E-state index in [1.165, 1.54) is 5.56 Å². The van der Waals surface area contributed by atoms with Gasteiger partial charge in [0, 0.05) is 12.1 Å². The molecule has 0 amide bonds. The first-order valence-electron chi connectivity index (χ1n) is 6.77. The summed E-state index contributed by atoms with van der Waals surface area (Å²) in [6.45, 7) is 1.37. The number of nitrogens with zero attached hydrogens (tertiary/aromatic N) is 2. The molecule has 0 bridgehead atoms. The maximum Gasteiger partial charge on any atom is 0.0699 e. The lowest BCUT2D eigenvalue weighted by Gasteiger charge is -2.19. The first-order valence-corrected chi connectivity index (χ1v) is 7.94. The Morgan fingerprint density at radius 2 is 2.10 bits per heavy atom. The summed E-state index contributed by atoms with van der Waals surface area (Å²) in [6.07, 6.45) is 2.70. The van der Waals surface area contributed by atoms with Crippen LogP contribution in [0.25, 0.3) is 0 Å². The molecule has 1 aromatic heterocycles. The quantitative estimate of drug-likeness (QED) is 0.809. The van der Waals surface area contributed by atoms with Gasteiger partial charge in [-0.25, -0.2) is 0 Å². The van der Waals surface area contributed by atoms with Crippen molar-refractivity contribution in [2.45, 2.75) is 19.0 Å². The fourth-order valence-corrected chi connectivity index (χ4v) is 2.96. The van der Waals surface area contributed by atoms with E-state index >= 15 is 0 Å². The summed E-state index contributed by atoms with van der Waals surface area (Å²) < 4.78 is 8.13. The fourth-order valence-electron chi connectivity index (χ4n) is 2.27. The third kappa shape index (κ3) is 4.30. The number of hydrogen-bond acceptors (Lipinski definition) is 3. The standard InChI is InChI=1S/C15H19BrClN3O/c1-18-14(9-11-3-5-12(17)6-4-11)15-13(16)10-19-20(15)7-8-21-2/h3-6,10,14,18H,7-9H2,1-2H3. The summed E-state index contributed by atoms with van der Waals surface area (Å²) in [6, 6.07) is 8.11. The second kappa shape index (κ2) is 7.94. The maximum atomic E-state index is 5.94. The van der Waals surface area contributed by atoms with Crippen molar-refractivity contribution in [1.29, 1.82) is 0 Å². The lowest BCUT2D eigenvalue weighted by atomic mass is 10.0. The number of rotatable bonds is 7. The molecule has 0 saturated heterocycles. The van der Waals surface area contributed by atoms with Crippen LogP contribution in [-0.4, -0.2) is 30.5 Å². The van der Waals surface area contributed by atoms with Crippen LogP contribution in [0.15, 0.2) is 34.9 Å². The van der Waals surface area contributed by atoms with E-state index in [2.05, 4.69) is 38.5 Å². The van der Waals surface area contributed by atoms with Gasteiger partial charge in [0.05, 0.1) is 35.6 Å². The smallest absolute Gasteiger partial charge is 0.0699 e. The van der Waals surface area contributed by atoms with Crippen molar-refractivity contribution in [3.05, 3.63) is 51.2 Å². The molecule has 6 heteroatoms. The summed E-state index contributed by atoms with van der Waals surface area (Å²) in [7, 11) is 3.65. The minimum atomic E-state index is 0.167. The zero-order valence-corrected chi connectivity index (χ0v) is 14.5. The first kappa shape index (κ1) is 16.5. The Balaban J connectivity index is 2.20. The molecule has 0 aliphatic rings. The Labute approximate surface area is 138 Å². The molecule has 0 saturated carbocycles. The van der Waals surface area contributed by atoms with E-state index in [1.807, 2.05) is 30.1 Å². The number of halogens is 2. The predicted octanol–water partition coefficient (Wildman–Crippen LogP) is 3.45. The van der Waals surface area contributed by atoms with Crippen LogP contribution >= 0.6 is 27.5 Å². The van der Waals surface area contributed by atoms with Crippen LogP contribution in [0.4, 0.5) is 0 Å². The molecule has 0 radical (unpaired) electrons. The molecule has 0 aliphatic carbocycles. The van der Waals surface area contributed by atoms with E-state index in [1.54, 1.807) is 7.11 Å². The highest BCUT2D eigenvalue weighted by molar-refractivity contribution is 9.10. The van der Waals surface area contributed by atoms with Gasteiger partial charge in [0.25, 0.3) is 0 Å². The van der Waals surface area contributed by atoms with Gasteiger partial charge in [0.1, 0.15) is 0 Å². The van der Waals surface area contributed by atoms with Crippen molar-refractivity contribution in [3.63, 3.8) is 0 Å². The third-order valence-corrected chi connectivity index (χ3v) is 4.24. The van der Waals surface area contributed by atoms with Crippen LogP contribution < -0.4 is 5.32 Å². The lowest BCUT2D eigenvalue weighted by Crippen LogP contribution is -2.24. The van der Waals surface area contributed by atoms with Gasteiger partial charge >= 0.3 is 0 Å². The van der Waals surface area contributed by atoms with Crippen LogP contribution in [-0.2, 0) is 17.7 Å². The number of aromatic nitrogens is 2. The molecule has 1 heterocycles. The van der Waals surface area contributed by atoms with Crippen LogP contribution in [0.5, 0.6) is 0 Å². The van der Waals surface area contributed by atoms with E-state index in [-0.39, 0.29) is 6.04 Å². The Kier molecular flexibility index (Phi) is 6.23. The molecular weight excluding hydrogens is 354 g/mol. The number of benzene rings is 1. The number of nitrogens with one attached hydrogen (secondary N) is 1. The highest BCUT2D eigenvalue weighted by Crippen LogP contribution is 2.26. The lowest BCUT2D eigenvalue weighted by molar-refractivity contribution is 0.181. The Morgan fingerprint density at radius 3 is 2.71 bits per heavy atom. The van der Waals surface area contributed by atoms with E-state index in [9.17, 15) is 0 Å². The number of likely N-dealkylation sites (N-methyl/N-ethyl adjacent to an activating group) is 1. The van der Waals surface area contributed by atoms with Crippen molar-refractivity contribution >= 4 is 27.5 Å². The van der Waals surface area contributed by atoms with Crippen LogP contribution in [0.2, 0.25) is 5.02 Å².